The Bertz CT molecular complexity index is 603. The van der Waals surface area contributed by atoms with E-state index in [9.17, 15) is 4.79 Å². The number of anilines is 1. The maximum absolute atomic E-state index is 11.5. The number of nitrogens with one attached hydrogen (secondary N) is 2. The normalized spacial score (nSPS) is 10.9. The molecular weight excluding hydrogens is 260 g/mol. The lowest BCUT2D eigenvalue weighted by Crippen LogP contribution is -2.15. The molecule has 0 aliphatic carbocycles. The van der Waals surface area contributed by atoms with Gasteiger partial charge in [-0.2, -0.15) is 0 Å². The predicted molar refractivity (Wildman–Crippen MR) is 78.0 cm³/mol. The fourth-order valence-electron chi connectivity index (χ4n) is 1.68. The molecule has 0 aromatic carbocycles. The molecule has 5 nitrogen and oxygen atoms in total. The maximum atomic E-state index is 11.5. The van der Waals surface area contributed by atoms with E-state index in [1.54, 1.807) is 11.3 Å². The van der Waals surface area contributed by atoms with Crippen molar-refractivity contribution in [1.82, 2.24) is 15.0 Å². The molecule has 0 amide bonds. The highest BCUT2D eigenvalue weighted by Gasteiger charge is 2.05. The lowest BCUT2D eigenvalue weighted by atomic mass is 10.2. The van der Waals surface area contributed by atoms with Gasteiger partial charge < -0.3 is 10.3 Å². The maximum Gasteiger partial charge on any atom is 0.252 e. The van der Waals surface area contributed by atoms with Crippen molar-refractivity contribution in [3.63, 3.8) is 0 Å². The van der Waals surface area contributed by atoms with Gasteiger partial charge in [0.05, 0.1) is 10.7 Å². The molecule has 2 aromatic rings. The number of hydrogen-bond acceptors (Lipinski definition) is 5. The van der Waals surface area contributed by atoms with E-state index in [0.717, 1.165) is 23.7 Å². The van der Waals surface area contributed by atoms with Crippen LogP contribution in [0, 0.1) is 6.92 Å². The third kappa shape index (κ3) is 3.89. The molecule has 0 radical (unpaired) electrons. The zero-order chi connectivity index (χ0) is 13.8. The van der Waals surface area contributed by atoms with Crippen molar-refractivity contribution in [3.8, 4) is 0 Å². The number of thiazole rings is 1. The lowest BCUT2D eigenvalue weighted by Gasteiger charge is -2.08. The Hall–Kier alpha value is -1.69. The van der Waals surface area contributed by atoms with Crippen LogP contribution >= 0.6 is 11.3 Å². The van der Waals surface area contributed by atoms with Gasteiger partial charge in [0.25, 0.3) is 5.56 Å². The molecule has 102 valence electrons. The van der Waals surface area contributed by atoms with E-state index >= 15 is 0 Å². The third-order valence-electron chi connectivity index (χ3n) is 2.66. The van der Waals surface area contributed by atoms with Gasteiger partial charge in [-0.15, -0.1) is 11.3 Å². The first-order valence-corrected chi connectivity index (χ1v) is 7.18. The van der Waals surface area contributed by atoms with Crippen LogP contribution in [0.3, 0.4) is 0 Å². The summed E-state index contributed by atoms with van der Waals surface area (Å²) in [6.07, 6.45) is 0.829. The highest BCUT2D eigenvalue weighted by molar-refractivity contribution is 7.09. The van der Waals surface area contributed by atoms with Gasteiger partial charge in [-0.25, -0.2) is 9.97 Å². The van der Waals surface area contributed by atoms with Crippen molar-refractivity contribution in [2.45, 2.75) is 33.1 Å². The average molecular weight is 278 g/mol. The standard InChI is InChI=1S/C13H18N4OS/c1-8(2)13-16-11(6-12(18)17-13)14-5-4-10-7-19-9(3)15-10/h6-8H,4-5H2,1-3H3,(H2,14,16,17,18). The topological polar surface area (TPSA) is 70.7 Å². The first-order chi connectivity index (χ1) is 9.04. The Kier molecular flexibility index (Phi) is 4.31. The summed E-state index contributed by atoms with van der Waals surface area (Å²) in [6, 6.07) is 1.48. The second-order valence-electron chi connectivity index (χ2n) is 4.71. The molecule has 19 heavy (non-hydrogen) atoms. The van der Waals surface area contributed by atoms with Crippen molar-refractivity contribution in [1.29, 1.82) is 0 Å². The summed E-state index contributed by atoms with van der Waals surface area (Å²) in [4.78, 5) is 23.0. The van der Waals surface area contributed by atoms with Crippen LogP contribution in [0.5, 0.6) is 0 Å². The summed E-state index contributed by atoms with van der Waals surface area (Å²) in [7, 11) is 0. The van der Waals surface area contributed by atoms with Gasteiger partial charge in [0, 0.05) is 30.3 Å². The number of aromatic nitrogens is 3. The number of aryl methyl sites for hydroxylation is 1. The van der Waals surface area contributed by atoms with Crippen LogP contribution in [-0.2, 0) is 6.42 Å². The zero-order valence-electron chi connectivity index (χ0n) is 11.4. The highest BCUT2D eigenvalue weighted by atomic mass is 32.1. The average Bonchev–Trinajstić information content (AvgIpc) is 2.74. The van der Waals surface area contributed by atoms with E-state index < -0.39 is 0 Å². The molecule has 0 spiro atoms. The zero-order valence-corrected chi connectivity index (χ0v) is 12.2. The lowest BCUT2D eigenvalue weighted by molar-refractivity contribution is 0.766. The summed E-state index contributed by atoms with van der Waals surface area (Å²) in [5.74, 6) is 1.54. The fourth-order valence-corrected chi connectivity index (χ4v) is 2.33. The molecule has 2 heterocycles. The van der Waals surface area contributed by atoms with Crippen molar-refractivity contribution in [2.24, 2.45) is 0 Å². The van der Waals surface area contributed by atoms with E-state index in [2.05, 4.69) is 25.6 Å². The van der Waals surface area contributed by atoms with Crippen molar-refractivity contribution in [3.05, 3.63) is 38.3 Å². The molecule has 0 saturated carbocycles. The number of nitrogens with zero attached hydrogens (tertiary/aromatic N) is 2. The van der Waals surface area contributed by atoms with E-state index in [1.165, 1.54) is 6.07 Å². The Morgan fingerprint density at radius 2 is 2.21 bits per heavy atom. The van der Waals surface area contributed by atoms with Gasteiger partial charge in [-0.1, -0.05) is 13.8 Å². The molecule has 0 aliphatic rings. The molecule has 2 N–H and O–H groups in total. The van der Waals surface area contributed by atoms with Crippen LogP contribution in [0.15, 0.2) is 16.2 Å². The SMILES string of the molecule is Cc1nc(CCNc2cc(=O)[nH]c(C(C)C)n2)cs1. The number of rotatable bonds is 5. The summed E-state index contributed by atoms with van der Waals surface area (Å²) in [5, 5.41) is 6.30. The smallest absolute Gasteiger partial charge is 0.252 e. The molecule has 2 rings (SSSR count). The van der Waals surface area contributed by atoms with Crippen LogP contribution in [0.4, 0.5) is 5.82 Å². The summed E-state index contributed by atoms with van der Waals surface area (Å²) < 4.78 is 0. The number of aromatic amines is 1. The van der Waals surface area contributed by atoms with Gasteiger partial charge in [-0.3, -0.25) is 4.79 Å². The Labute approximate surface area is 116 Å². The summed E-state index contributed by atoms with van der Waals surface area (Å²) in [6.45, 7) is 6.71. The van der Waals surface area contributed by atoms with Crippen LogP contribution < -0.4 is 10.9 Å². The largest absolute Gasteiger partial charge is 0.369 e. The van der Waals surface area contributed by atoms with Gasteiger partial charge in [0.1, 0.15) is 11.6 Å². The molecule has 6 heteroatoms. The number of hydrogen-bond donors (Lipinski definition) is 2. The Morgan fingerprint density at radius 1 is 1.42 bits per heavy atom. The Morgan fingerprint density at radius 3 is 2.84 bits per heavy atom. The fraction of sp³-hybridized carbons (Fsp3) is 0.462. The van der Waals surface area contributed by atoms with Gasteiger partial charge in [-0.05, 0) is 6.92 Å². The second-order valence-corrected chi connectivity index (χ2v) is 5.77. The molecule has 0 unspecified atom stereocenters. The highest BCUT2D eigenvalue weighted by Crippen LogP contribution is 2.10. The minimum atomic E-state index is -0.120. The minimum absolute atomic E-state index is 0.120. The van der Waals surface area contributed by atoms with E-state index in [4.69, 9.17) is 0 Å². The first kappa shape index (κ1) is 13.7. The van der Waals surface area contributed by atoms with Crippen LogP contribution in [0.25, 0.3) is 0 Å². The monoisotopic (exact) mass is 278 g/mol. The van der Waals surface area contributed by atoms with Crippen molar-refractivity contribution >= 4 is 17.2 Å². The molecule has 0 saturated heterocycles. The van der Waals surface area contributed by atoms with E-state index in [1.807, 2.05) is 20.8 Å². The quantitative estimate of drug-likeness (QED) is 0.880. The molecule has 2 aromatic heterocycles. The number of H-pyrrole nitrogens is 1. The van der Waals surface area contributed by atoms with Gasteiger partial charge in [0.2, 0.25) is 0 Å². The Balaban J connectivity index is 1.97. The third-order valence-corrected chi connectivity index (χ3v) is 3.48. The first-order valence-electron chi connectivity index (χ1n) is 6.30. The molecule has 0 fully saturated rings. The van der Waals surface area contributed by atoms with E-state index in [-0.39, 0.29) is 11.5 Å². The van der Waals surface area contributed by atoms with Crippen molar-refractivity contribution in [2.75, 3.05) is 11.9 Å². The van der Waals surface area contributed by atoms with Gasteiger partial charge >= 0.3 is 0 Å². The molecule has 0 aliphatic heterocycles. The molecular formula is C13H18N4OS. The van der Waals surface area contributed by atoms with Crippen LogP contribution in [-0.4, -0.2) is 21.5 Å². The van der Waals surface area contributed by atoms with Crippen LogP contribution in [0.1, 0.15) is 36.3 Å². The van der Waals surface area contributed by atoms with Crippen LogP contribution in [0.2, 0.25) is 0 Å². The van der Waals surface area contributed by atoms with Gasteiger partial charge in [0.15, 0.2) is 0 Å². The van der Waals surface area contributed by atoms with Crippen molar-refractivity contribution < 1.29 is 0 Å². The second kappa shape index (κ2) is 5.97. The molecule has 0 bridgehead atoms. The van der Waals surface area contributed by atoms with E-state index in [0.29, 0.717) is 11.6 Å². The minimum Gasteiger partial charge on any atom is -0.369 e. The molecule has 0 atom stereocenters. The summed E-state index contributed by atoms with van der Waals surface area (Å²) >= 11 is 1.65. The summed E-state index contributed by atoms with van der Waals surface area (Å²) in [5.41, 5.74) is 0.953. The predicted octanol–water partition coefficient (Wildman–Crippen LogP) is 2.31.